The van der Waals surface area contributed by atoms with Crippen molar-refractivity contribution in [1.82, 2.24) is 0 Å². The number of aliphatic imine (C=N–C) groups is 1. The normalized spacial score (nSPS) is 14.5. The van der Waals surface area contributed by atoms with E-state index in [1.54, 1.807) is 23.9 Å². The summed E-state index contributed by atoms with van der Waals surface area (Å²) in [5, 5.41) is 9.12. The van der Waals surface area contributed by atoms with Crippen molar-refractivity contribution in [3.05, 3.63) is 18.2 Å². The van der Waals surface area contributed by atoms with Gasteiger partial charge in [0, 0.05) is 16.9 Å². The largest absolute Gasteiger partial charge is 0.508 e. The number of aromatic hydroxyl groups is 1. The topological polar surface area (TPSA) is 32.6 Å². The Morgan fingerprint density at radius 2 is 2.36 bits per heavy atom. The number of rotatable bonds is 0. The Hall–Kier alpha value is -0.960. The maximum Gasteiger partial charge on any atom is 0.116 e. The summed E-state index contributed by atoms with van der Waals surface area (Å²) in [7, 11) is 0. The number of nitrogens with zero attached hydrogens (tertiary/aromatic N) is 1. The first-order valence-corrected chi connectivity index (χ1v) is 4.33. The van der Waals surface area contributed by atoms with Gasteiger partial charge in [-0.1, -0.05) is 0 Å². The molecule has 11 heavy (non-hydrogen) atoms. The molecule has 2 rings (SSSR count). The fraction of sp³-hybridized carbons (Fsp3) is 0.125. The number of hydrogen-bond acceptors (Lipinski definition) is 3. The van der Waals surface area contributed by atoms with Crippen LogP contribution >= 0.6 is 11.8 Å². The molecule has 1 N–H and O–H groups in total. The fourth-order valence-electron chi connectivity index (χ4n) is 0.988. The molecule has 1 aromatic rings. The van der Waals surface area contributed by atoms with Crippen LogP contribution in [0.1, 0.15) is 0 Å². The SMILES string of the molecule is Oc1ccc2c(c1)SCC=N2. The molecule has 0 radical (unpaired) electrons. The first kappa shape index (κ1) is 6.73. The standard InChI is InChI=1S/C8H7NOS/c10-6-1-2-7-8(5-6)11-4-3-9-7/h1-3,5,10H,4H2. The molecule has 0 aliphatic carbocycles. The molecule has 56 valence electrons. The molecule has 0 spiro atoms. The molecule has 1 heterocycles. The summed E-state index contributed by atoms with van der Waals surface area (Å²) in [4.78, 5) is 5.24. The van der Waals surface area contributed by atoms with Crippen LogP contribution in [0.15, 0.2) is 28.1 Å². The molecule has 3 heteroatoms. The smallest absolute Gasteiger partial charge is 0.116 e. The third-order valence-electron chi connectivity index (χ3n) is 1.49. The molecule has 1 aromatic carbocycles. The van der Waals surface area contributed by atoms with Gasteiger partial charge in [0.1, 0.15) is 5.75 Å². The van der Waals surface area contributed by atoms with Gasteiger partial charge in [0.05, 0.1) is 5.69 Å². The molecule has 0 saturated heterocycles. The molecule has 0 saturated carbocycles. The molecular weight excluding hydrogens is 158 g/mol. The molecule has 0 amide bonds. The van der Waals surface area contributed by atoms with Gasteiger partial charge in [-0.05, 0) is 18.2 Å². The van der Waals surface area contributed by atoms with Crippen LogP contribution in [0.4, 0.5) is 5.69 Å². The first-order valence-electron chi connectivity index (χ1n) is 3.34. The fourth-order valence-corrected chi connectivity index (χ4v) is 1.79. The lowest BCUT2D eigenvalue weighted by atomic mass is 10.3. The zero-order chi connectivity index (χ0) is 7.68. The van der Waals surface area contributed by atoms with Crippen LogP contribution in [0, 0.1) is 0 Å². The lowest BCUT2D eigenvalue weighted by molar-refractivity contribution is 0.474. The van der Waals surface area contributed by atoms with Gasteiger partial charge in [-0.25, -0.2) is 0 Å². The highest BCUT2D eigenvalue weighted by atomic mass is 32.2. The van der Waals surface area contributed by atoms with Gasteiger partial charge >= 0.3 is 0 Å². The monoisotopic (exact) mass is 165 g/mol. The predicted octanol–water partition coefficient (Wildman–Crippen LogP) is 2.20. The van der Waals surface area contributed by atoms with Crippen LogP contribution in [0.25, 0.3) is 0 Å². The van der Waals surface area contributed by atoms with E-state index in [0.717, 1.165) is 16.3 Å². The van der Waals surface area contributed by atoms with E-state index in [1.165, 1.54) is 0 Å². The van der Waals surface area contributed by atoms with Crippen molar-refractivity contribution in [2.24, 2.45) is 4.99 Å². The van der Waals surface area contributed by atoms with E-state index in [0.29, 0.717) is 5.75 Å². The molecular formula is C8H7NOS. The van der Waals surface area contributed by atoms with E-state index in [1.807, 2.05) is 12.3 Å². The molecule has 0 bridgehead atoms. The highest BCUT2D eigenvalue weighted by molar-refractivity contribution is 8.00. The summed E-state index contributed by atoms with van der Waals surface area (Å²) in [6.07, 6.45) is 1.88. The lowest BCUT2D eigenvalue weighted by Crippen LogP contribution is -1.87. The predicted molar refractivity (Wildman–Crippen MR) is 47.0 cm³/mol. The minimum absolute atomic E-state index is 0.313. The maximum atomic E-state index is 9.12. The van der Waals surface area contributed by atoms with E-state index < -0.39 is 0 Å². The Morgan fingerprint density at radius 3 is 3.27 bits per heavy atom. The highest BCUT2D eigenvalue weighted by Gasteiger charge is 2.05. The van der Waals surface area contributed by atoms with Crippen molar-refractivity contribution in [3.8, 4) is 5.75 Å². The van der Waals surface area contributed by atoms with Gasteiger partial charge in [-0.2, -0.15) is 0 Å². The third-order valence-corrected chi connectivity index (χ3v) is 2.44. The second-order valence-corrected chi connectivity index (χ2v) is 3.34. The molecule has 1 aliphatic heterocycles. The number of phenolic OH excluding ortho intramolecular Hbond substituents is 1. The first-order chi connectivity index (χ1) is 5.36. The van der Waals surface area contributed by atoms with Gasteiger partial charge in [-0.3, -0.25) is 4.99 Å². The minimum Gasteiger partial charge on any atom is -0.508 e. The van der Waals surface area contributed by atoms with Crippen molar-refractivity contribution in [3.63, 3.8) is 0 Å². The van der Waals surface area contributed by atoms with E-state index in [2.05, 4.69) is 4.99 Å². The number of fused-ring (bicyclic) bond motifs is 1. The molecule has 0 fully saturated rings. The van der Waals surface area contributed by atoms with Crippen molar-refractivity contribution in [1.29, 1.82) is 0 Å². The molecule has 0 aromatic heterocycles. The molecule has 0 unspecified atom stereocenters. The Kier molecular flexibility index (Phi) is 1.58. The maximum absolute atomic E-state index is 9.12. The Balaban J connectivity index is 2.53. The van der Waals surface area contributed by atoms with E-state index in [9.17, 15) is 0 Å². The minimum atomic E-state index is 0.313. The van der Waals surface area contributed by atoms with Gasteiger partial charge < -0.3 is 5.11 Å². The average molecular weight is 165 g/mol. The number of phenols is 1. The van der Waals surface area contributed by atoms with Crippen LogP contribution in [0.2, 0.25) is 0 Å². The third kappa shape index (κ3) is 1.24. The summed E-state index contributed by atoms with van der Waals surface area (Å²) in [5.74, 6) is 1.21. The Bertz CT molecular complexity index is 309. The highest BCUT2D eigenvalue weighted by Crippen LogP contribution is 2.34. The van der Waals surface area contributed by atoms with Crippen LogP contribution in [-0.4, -0.2) is 17.1 Å². The van der Waals surface area contributed by atoms with Gasteiger partial charge in [-0.15, -0.1) is 11.8 Å². The Labute approximate surface area is 69.0 Å². The lowest BCUT2D eigenvalue weighted by Gasteiger charge is -2.07. The van der Waals surface area contributed by atoms with Crippen LogP contribution in [-0.2, 0) is 0 Å². The zero-order valence-corrected chi connectivity index (χ0v) is 6.64. The van der Waals surface area contributed by atoms with Crippen molar-refractivity contribution >= 4 is 23.7 Å². The summed E-state index contributed by atoms with van der Waals surface area (Å²) >= 11 is 1.69. The molecule has 1 aliphatic rings. The van der Waals surface area contributed by atoms with E-state index in [4.69, 9.17) is 5.11 Å². The van der Waals surface area contributed by atoms with Crippen LogP contribution < -0.4 is 0 Å². The van der Waals surface area contributed by atoms with Gasteiger partial charge in [0.15, 0.2) is 0 Å². The van der Waals surface area contributed by atoms with Crippen molar-refractivity contribution < 1.29 is 5.11 Å². The van der Waals surface area contributed by atoms with Crippen molar-refractivity contribution in [2.75, 3.05) is 5.75 Å². The second kappa shape index (κ2) is 2.58. The van der Waals surface area contributed by atoms with E-state index >= 15 is 0 Å². The van der Waals surface area contributed by atoms with Gasteiger partial charge in [0.25, 0.3) is 0 Å². The Morgan fingerprint density at radius 1 is 1.45 bits per heavy atom. The summed E-state index contributed by atoms with van der Waals surface area (Å²) in [6, 6.07) is 5.23. The number of hydrogen-bond donors (Lipinski definition) is 1. The van der Waals surface area contributed by atoms with E-state index in [-0.39, 0.29) is 0 Å². The van der Waals surface area contributed by atoms with Crippen molar-refractivity contribution in [2.45, 2.75) is 4.90 Å². The van der Waals surface area contributed by atoms with Gasteiger partial charge in [0.2, 0.25) is 0 Å². The average Bonchev–Trinajstić information content (AvgIpc) is 2.04. The molecule has 2 nitrogen and oxygen atoms in total. The quantitative estimate of drug-likeness (QED) is 0.639. The summed E-state index contributed by atoms with van der Waals surface area (Å²) in [5.41, 5.74) is 0.957. The zero-order valence-electron chi connectivity index (χ0n) is 5.82. The van der Waals surface area contributed by atoms with Crippen LogP contribution in [0.5, 0.6) is 5.75 Å². The summed E-state index contributed by atoms with van der Waals surface area (Å²) in [6.45, 7) is 0. The van der Waals surface area contributed by atoms with Crippen LogP contribution in [0.3, 0.4) is 0 Å². The number of thioether (sulfide) groups is 1. The second-order valence-electron chi connectivity index (χ2n) is 2.27. The number of benzene rings is 1. The molecule has 0 atom stereocenters. The summed E-state index contributed by atoms with van der Waals surface area (Å²) < 4.78 is 0.